The highest BCUT2D eigenvalue weighted by atomic mass is 16.8. The maximum atomic E-state index is 11.0. The summed E-state index contributed by atoms with van der Waals surface area (Å²) in [6, 6.07) is 5.41. The van der Waals surface area contributed by atoms with Gasteiger partial charge in [-0.25, -0.2) is 10.3 Å². The van der Waals surface area contributed by atoms with Gasteiger partial charge in [-0.15, -0.1) is 0 Å². The van der Waals surface area contributed by atoms with E-state index in [0.717, 1.165) is 18.4 Å². The summed E-state index contributed by atoms with van der Waals surface area (Å²) in [5, 5.41) is 0. The number of hydrogen-bond acceptors (Lipinski definition) is 6. The van der Waals surface area contributed by atoms with Crippen LogP contribution in [0, 0.1) is 0 Å². The smallest absolute Gasteiger partial charge is 0.493 e. The Labute approximate surface area is 130 Å². The highest BCUT2D eigenvalue weighted by Crippen LogP contribution is 2.33. The summed E-state index contributed by atoms with van der Waals surface area (Å²) in [7, 11) is 2.83. The topological polar surface area (TPSA) is 66.0 Å². The maximum absolute atomic E-state index is 11.0. The number of nitrogens with one attached hydrogen (secondary N) is 1. The van der Waals surface area contributed by atoms with Gasteiger partial charge in [0.25, 0.3) is 0 Å². The lowest BCUT2D eigenvalue weighted by Gasteiger charge is -2.17. The van der Waals surface area contributed by atoms with E-state index in [2.05, 4.69) is 21.6 Å². The summed E-state index contributed by atoms with van der Waals surface area (Å²) in [5.74, 6) is 1.32. The summed E-state index contributed by atoms with van der Waals surface area (Å²) in [4.78, 5) is 15.6. The van der Waals surface area contributed by atoms with Crippen molar-refractivity contribution < 1.29 is 23.8 Å². The molecule has 0 saturated heterocycles. The predicted molar refractivity (Wildman–Crippen MR) is 81.5 cm³/mol. The van der Waals surface area contributed by atoms with Crippen LogP contribution in [0.4, 0.5) is 4.79 Å². The molecular weight excluding hydrogens is 286 g/mol. The summed E-state index contributed by atoms with van der Waals surface area (Å²) < 4.78 is 15.7. The minimum Gasteiger partial charge on any atom is -0.493 e. The second-order valence-electron chi connectivity index (χ2n) is 5.03. The minimum atomic E-state index is -0.836. The van der Waals surface area contributed by atoms with Crippen LogP contribution in [0.15, 0.2) is 24.8 Å². The molecule has 0 aliphatic heterocycles. The normalized spacial score (nSPS) is 14.3. The van der Waals surface area contributed by atoms with E-state index < -0.39 is 6.16 Å². The SMILES string of the molecule is C=C(NOC(=O)OC)c1ccc(OC)c(OC2CCCC2)c1. The summed E-state index contributed by atoms with van der Waals surface area (Å²) in [6.45, 7) is 3.82. The molecule has 1 N–H and O–H groups in total. The lowest BCUT2D eigenvalue weighted by Crippen LogP contribution is -2.18. The van der Waals surface area contributed by atoms with Gasteiger partial charge in [-0.2, -0.15) is 0 Å². The molecular formula is C16H21NO5. The molecule has 6 nitrogen and oxygen atoms in total. The number of hydrogen-bond donors (Lipinski definition) is 1. The van der Waals surface area contributed by atoms with Crippen LogP contribution in [0.1, 0.15) is 31.2 Å². The van der Waals surface area contributed by atoms with Crippen LogP contribution in [-0.4, -0.2) is 26.5 Å². The van der Waals surface area contributed by atoms with E-state index >= 15 is 0 Å². The van der Waals surface area contributed by atoms with Crippen molar-refractivity contribution in [1.82, 2.24) is 5.48 Å². The third kappa shape index (κ3) is 4.07. The van der Waals surface area contributed by atoms with E-state index in [1.165, 1.54) is 20.0 Å². The van der Waals surface area contributed by atoms with Crippen LogP contribution < -0.4 is 15.0 Å². The van der Waals surface area contributed by atoms with Crippen molar-refractivity contribution in [1.29, 1.82) is 0 Å². The van der Waals surface area contributed by atoms with E-state index in [4.69, 9.17) is 9.47 Å². The first-order valence-corrected chi connectivity index (χ1v) is 7.19. The van der Waals surface area contributed by atoms with Crippen molar-refractivity contribution >= 4 is 11.9 Å². The number of carbonyl (C=O) groups is 1. The molecule has 0 heterocycles. The maximum Gasteiger partial charge on any atom is 0.532 e. The third-order valence-electron chi connectivity index (χ3n) is 3.53. The molecule has 22 heavy (non-hydrogen) atoms. The summed E-state index contributed by atoms with van der Waals surface area (Å²) in [6.07, 6.45) is 3.87. The van der Waals surface area contributed by atoms with Gasteiger partial charge in [0.05, 0.1) is 26.0 Å². The molecule has 2 rings (SSSR count). The van der Waals surface area contributed by atoms with Crippen molar-refractivity contribution in [2.24, 2.45) is 0 Å². The van der Waals surface area contributed by atoms with Crippen LogP contribution in [0.25, 0.3) is 5.70 Å². The molecule has 0 bridgehead atoms. The first-order valence-electron chi connectivity index (χ1n) is 7.19. The minimum absolute atomic E-state index is 0.219. The lowest BCUT2D eigenvalue weighted by molar-refractivity contribution is 0.0485. The molecule has 0 spiro atoms. The second-order valence-corrected chi connectivity index (χ2v) is 5.03. The number of hydroxylamine groups is 1. The number of ether oxygens (including phenoxy) is 3. The van der Waals surface area contributed by atoms with Crippen molar-refractivity contribution in [3.05, 3.63) is 30.3 Å². The van der Waals surface area contributed by atoms with E-state index in [1.807, 2.05) is 6.07 Å². The largest absolute Gasteiger partial charge is 0.532 e. The van der Waals surface area contributed by atoms with Crippen molar-refractivity contribution in [2.75, 3.05) is 14.2 Å². The first-order chi connectivity index (χ1) is 10.6. The highest BCUT2D eigenvalue weighted by Gasteiger charge is 2.19. The Bertz CT molecular complexity index is 537. The van der Waals surface area contributed by atoms with Gasteiger partial charge in [-0.1, -0.05) is 6.58 Å². The average Bonchev–Trinajstić information content (AvgIpc) is 3.05. The van der Waals surface area contributed by atoms with Gasteiger partial charge >= 0.3 is 6.16 Å². The predicted octanol–water partition coefficient (Wildman–Crippen LogP) is 3.27. The molecule has 0 aromatic heterocycles. The van der Waals surface area contributed by atoms with E-state index in [1.54, 1.807) is 19.2 Å². The van der Waals surface area contributed by atoms with Gasteiger partial charge in [0.1, 0.15) is 0 Å². The van der Waals surface area contributed by atoms with Crippen LogP contribution in [0.2, 0.25) is 0 Å². The van der Waals surface area contributed by atoms with E-state index in [9.17, 15) is 4.79 Å². The van der Waals surface area contributed by atoms with Gasteiger partial charge in [-0.3, -0.25) is 0 Å². The summed E-state index contributed by atoms with van der Waals surface area (Å²) >= 11 is 0. The highest BCUT2D eigenvalue weighted by molar-refractivity contribution is 5.66. The Morgan fingerprint density at radius 3 is 2.59 bits per heavy atom. The molecule has 120 valence electrons. The van der Waals surface area contributed by atoms with Gasteiger partial charge in [0.15, 0.2) is 11.5 Å². The van der Waals surface area contributed by atoms with E-state index in [0.29, 0.717) is 17.2 Å². The number of carbonyl (C=O) groups excluding carboxylic acids is 1. The molecule has 1 aromatic carbocycles. The Hall–Kier alpha value is -2.37. The average molecular weight is 307 g/mol. The Morgan fingerprint density at radius 1 is 1.23 bits per heavy atom. The Morgan fingerprint density at radius 2 is 1.95 bits per heavy atom. The van der Waals surface area contributed by atoms with Gasteiger partial charge < -0.3 is 19.0 Å². The fourth-order valence-electron chi connectivity index (χ4n) is 2.35. The summed E-state index contributed by atoms with van der Waals surface area (Å²) in [5.41, 5.74) is 3.60. The molecule has 1 aliphatic rings. The van der Waals surface area contributed by atoms with Crippen molar-refractivity contribution in [3.63, 3.8) is 0 Å². The number of rotatable bonds is 6. The quantitative estimate of drug-likeness (QED) is 0.642. The van der Waals surface area contributed by atoms with Crippen molar-refractivity contribution in [2.45, 2.75) is 31.8 Å². The molecule has 1 aromatic rings. The molecule has 1 saturated carbocycles. The fourth-order valence-corrected chi connectivity index (χ4v) is 2.35. The van der Waals surface area contributed by atoms with Crippen LogP contribution in [-0.2, 0) is 9.57 Å². The molecule has 6 heteroatoms. The van der Waals surface area contributed by atoms with Crippen molar-refractivity contribution in [3.8, 4) is 11.5 Å². The fraction of sp³-hybridized carbons (Fsp3) is 0.438. The molecule has 0 unspecified atom stereocenters. The molecule has 0 atom stereocenters. The number of methoxy groups -OCH3 is 2. The van der Waals surface area contributed by atoms with Gasteiger partial charge in [0.2, 0.25) is 0 Å². The van der Waals surface area contributed by atoms with E-state index in [-0.39, 0.29) is 6.10 Å². The molecule has 0 radical (unpaired) electrons. The number of benzene rings is 1. The zero-order valence-corrected chi connectivity index (χ0v) is 12.9. The second kappa shape index (κ2) is 7.59. The lowest BCUT2D eigenvalue weighted by atomic mass is 10.1. The Balaban J connectivity index is 2.08. The van der Waals surface area contributed by atoms with Gasteiger partial charge in [0, 0.05) is 5.56 Å². The van der Waals surface area contributed by atoms with Gasteiger partial charge in [-0.05, 0) is 43.9 Å². The third-order valence-corrected chi connectivity index (χ3v) is 3.53. The molecule has 1 fully saturated rings. The van der Waals surface area contributed by atoms with Crippen LogP contribution in [0.3, 0.4) is 0 Å². The first kappa shape index (κ1) is 16.0. The zero-order valence-electron chi connectivity index (χ0n) is 12.9. The standard InChI is InChI=1S/C16H21NO5/c1-11(17-22-16(18)20-3)12-8-9-14(19-2)15(10-12)21-13-6-4-5-7-13/h8-10,13,17H,1,4-7H2,2-3H3. The van der Waals surface area contributed by atoms with Crippen LogP contribution >= 0.6 is 0 Å². The Kier molecular flexibility index (Phi) is 5.52. The zero-order chi connectivity index (χ0) is 15.9. The molecule has 0 amide bonds. The molecule has 1 aliphatic carbocycles. The monoisotopic (exact) mass is 307 g/mol. The van der Waals surface area contributed by atoms with Crippen LogP contribution in [0.5, 0.6) is 11.5 Å².